The fraction of sp³-hybridized carbons (Fsp3) is 0.385. The molecule has 0 radical (unpaired) electrons. The van der Waals surface area contributed by atoms with Gasteiger partial charge in [-0.1, -0.05) is 0 Å². The lowest BCUT2D eigenvalue weighted by Gasteiger charge is -2.05. The van der Waals surface area contributed by atoms with Gasteiger partial charge in [0, 0.05) is 12.7 Å². The summed E-state index contributed by atoms with van der Waals surface area (Å²) in [7, 11) is 1.85. The van der Waals surface area contributed by atoms with Gasteiger partial charge in [-0.3, -0.25) is 4.68 Å². The summed E-state index contributed by atoms with van der Waals surface area (Å²) in [4.78, 5) is 13.0. The average Bonchev–Trinajstić information content (AvgIpc) is 2.87. The molecular weight excluding hydrogens is 254 g/mol. The second-order valence-electron chi connectivity index (χ2n) is 4.99. The maximum absolute atomic E-state index is 6.04. The Kier molecular flexibility index (Phi) is 2.70. The Balaban J connectivity index is 2.22. The molecule has 0 spiro atoms. The predicted octanol–water partition coefficient (Wildman–Crippen LogP) is 1.12. The molecule has 0 saturated carbocycles. The summed E-state index contributed by atoms with van der Waals surface area (Å²) in [6, 6.07) is 0. The van der Waals surface area contributed by atoms with Gasteiger partial charge in [0.05, 0.1) is 11.9 Å². The summed E-state index contributed by atoms with van der Waals surface area (Å²) in [6.07, 6.45) is 1.69. The third-order valence-electron chi connectivity index (χ3n) is 3.55. The van der Waals surface area contributed by atoms with Crippen molar-refractivity contribution in [2.24, 2.45) is 7.05 Å². The predicted molar refractivity (Wildman–Crippen MR) is 76.3 cm³/mol. The van der Waals surface area contributed by atoms with Gasteiger partial charge in [0.15, 0.2) is 5.82 Å². The first-order valence-electron chi connectivity index (χ1n) is 6.41. The molecule has 3 rings (SSSR count). The number of hydrogen-bond acceptors (Lipinski definition) is 5. The molecule has 0 atom stereocenters. The van der Waals surface area contributed by atoms with Crippen molar-refractivity contribution in [3.05, 3.63) is 29.2 Å². The number of aryl methyl sites for hydroxylation is 3. The number of fused-ring (bicyclic) bond motifs is 1. The highest BCUT2D eigenvalue weighted by Crippen LogP contribution is 2.27. The first-order chi connectivity index (χ1) is 9.47. The molecule has 0 aromatic carbocycles. The molecule has 0 aliphatic rings. The zero-order chi connectivity index (χ0) is 14.4. The maximum atomic E-state index is 6.04. The molecule has 0 unspecified atom stereocenters. The quantitative estimate of drug-likeness (QED) is 0.754. The van der Waals surface area contributed by atoms with Gasteiger partial charge in [-0.05, 0) is 26.3 Å². The number of nitrogen functional groups attached to an aromatic ring is 1. The van der Waals surface area contributed by atoms with Crippen LogP contribution in [0.25, 0.3) is 11.0 Å². The number of hydrogen-bond donors (Lipinski definition) is 1. The lowest BCUT2D eigenvalue weighted by molar-refractivity contribution is 0.700. The number of nitrogens with zero attached hydrogens (tertiary/aromatic N) is 6. The van der Waals surface area contributed by atoms with Crippen LogP contribution in [0, 0.1) is 20.8 Å². The second kappa shape index (κ2) is 4.29. The second-order valence-corrected chi connectivity index (χ2v) is 4.99. The van der Waals surface area contributed by atoms with Crippen molar-refractivity contribution in [3.8, 4) is 0 Å². The molecule has 7 heteroatoms. The largest absolute Gasteiger partial charge is 0.383 e. The van der Waals surface area contributed by atoms with Crippen LogP contribution in [0.1, 0.15) is 22.9 Å². The van der Waals surface area contributed by atoms with Crippen molar-refractivity contribution >= 4 is 16.9 Å². The van der Waals surface area contributed by atoms with E-state index in [0.29, 0.717) is 18.2 Å². The minimum atomic E-state index is 0.529. The van der Waals surface area contributed by atoms with Gasteiger partial charge >= 0.3 is 0 Å². The zero-order valence-electron chi connectivity index (χ0n) is 12.0. The molecule has 20 heavy (non-hydrogen) atoms. The van der Waals surface area contributed by atoms with Crippen molar-refractivity contribution < 1.29 is 0 Å². The van der Waals surface area contributed by atoms with Crippen LogP contribution in [0.5, 0.6) is 0 Å². The fourth-order valence-electron chi connectivity index (χ4n) is 2.47. The number of anilines is 1. The van der Waals surface area contributed by atoms with Crippen LogP contribution in [-0.4, -0.2) is 29.3 Å². The van der Waals surface area contributed by atoms with Gasteiger partial charge in [-0.15, -0.1) is 0 Å². The summed E-state index contributed by atoms with van der Waals surface area (Å²) in [5.74, 6) is 1.95. The van der Waals surface area contributed by atoms with E-state index in [1.54, 1.807) is 11.0 Å². The number of rotatable bonds is 2. The Morgan fingerprint density at radius 2 is 1.95 bits per heavy atom. The van der Waals surface area contributed by atoms with Crippen molar-refractivity contribution in [3.63, 3.8) is 0 Å². The molecule has 3 heterocycles. The van der Waals surface area contributed by atoms with Crippen molar-refractivity contribution in [1.29, 1.82) is 0 Å². The normalized spacial score (nSPS) is 11.4. The molecule has 2 N–H and O–H groups in total. The molecule has 0 fully saturated rings. The first kappa shape index (κ1) is 12.6. The van der Waals surface area contributed by atoms with E-state index in [-0.39, 0.29) is 0 Å². The van der Waals surface area contributed by atoms with Crippen LogP contribution in [0.2, 0.25) is 0 Å². The summed E-state index contributed by atoms with van der Waals surface area (Å²) in [5.41, 5.74) is 9.10. The molecule has 7 nitrogen and oxygen atoms in total. The van der Waals surface area contributed by atoms with Crippen LogP contribution in [0.4, 0.5) is 5.82 Å². The SMILES string of the molecule is Cc1nc(N)c2c(C)c(C)n(Cc3ncn(C)n3)c2n1. The third kappa shape index (κ3) is 1.82. The van der Waals surface area contributed by atoms with E-state index < -0.39 is 0 Å². The van der Waals surface area contributed by atoms with E-state index >= 15 is 0 Å². The monoisotopic (exact) mass is 271 g/mol. The molecule has 104 valence electrons. The zero-order valence-corrected chi connectivity index (χ0v) is 12.0. The minimum Gasteiger partial charge on any atom is -0.383 e. The summed E-state index contributed by atoms with van der Waals surface area (Å²) in [6.45, 7) is 6.51. The Morgan fingerprint density at radius 1 is 1.20 bits per heavy atom. The summed E-state index contributed by atoms with van der Waals surface area (Å²) >= 11 is 0. The topological polar surface area (TPSA) is 87.4 Å². The van der Waals surface area contributed by atoms with E-state index in [1.807, 2.05) is 20.9 Å². The standard InChI is InChI=1S/C13H17N7/c1-7-8(2)20(5-10-15-6-19(4)18-10)13-11(7)12(14)16-9(3)17-13/h6H,5H2,1-4H3,(H2,14,16,17). The number of nitrogens with two attached hydrogens (primary N) is 1. The molecule has 0 amide bonds. The maximum Gasteiger partial charge on any atom is 0.170 e. The lowest BCUT2D eigenvalue weighted by Crippen LogP contribution is -2.06. The van der Waals surface area contributed by atoms with Crippen LogP contribution in [0.3, 0.4) is 0 Å². The first-order valence-corrected chi connectivity index (χ1v) is 6.41. The van der Waals surface area contributed by atoms with Crippen molar-refractivity contribution in [2.45, 2.75) is 27.3 Å². The highest BCUT2D eigenvalue weighted by atomic mass is 15.3. The smallest absolute Gasteiger partial charge is 0.170 e. The fourth-order valence-corrected chi connectivity index (χ4v) is 2.47. The molecule has 3 aromatic heterocycles. The molecule has 0 bridgehead atoms. The van der Waals surface area contributed by atoms with Crippen LogP contribution < -0.4 is 5.73 Å². The van der Waals surface area contributed by atoms with Gasteiger partial charge < -0.3 is 10.3 Å². The minimum absolute atomic E-state index is 0.529. The van der Waals surface area contributed by atoms with Gasteiger partial charge in [0.2, 0.25) is 0 Å². The van der Waals surface area contributed by atoms with Gasteiger partial charge in [0.25, 0.3) is 0 Å². The van der Waals surface area contributed by atoms with Crippen molar-refractivity contribution in [1.82, 2.24) is 29.3 Å². The van der Waals surface area contributed by atoms with E-state index in [0.717, 1.165) is 28.1 Å². The Bertz CT molecular complexity index is 797. The van der Waals surface area contributed by atoms with Crippen LogP contribution in [-0.2, 0) is 13.6 Å². The summed E-state index contributed by atoms with van der Waals surface area (Å²) in [5, 5.41) is 5.24. The van der Waals surface area contributed by atoms with Crippen LogP contribution in [0.15, 0.2) is 6.33 Å². The molecular formula is C13H17N7. The molecule has 0 aliphatic carbocycles. The highest BCUT2D eigenvalue weighted by Gasteiger charge is 2.17. The summed E-state index contributed by atoms with van der Waals surface area (Å²) < 4.78 is 3.78. The molecule has 0 aliphatic heterocycles. The number of aromatic nitrogens is 6. The Hall–Kier alpha value is -2.44. The third-order valence-corrected chi connectivity index (χ3v) is 3.55. The van der Waals surface area contributed by atoms with E-state index in [4.69, 9.17) is 5.73 Å². The average molecular weight is 271 g/mol. The molecule has 0 saturated heterocycles. The Labute approximate surface area is 116 Å². The van der Waals surface area contributed by atoms with E-state index in [2.05, 4.69) is 31.5 Å². The van der Waals surface area contributed by atoms with Gasteiger partial charge in [0.1, 0.15) is 23.6 Å². The van der Waals surface area contributed by atoms with Crippen LogP contribution >= 0.6 is 0 Å². The lowest BCUT2D eigenvalue weighted by atomic mass is 10.2. The van der Waals surface area contributed by atoms with Crippen molar-refractivity contribution in [2.75, 3.05) is 5.73 Å². The van der Waals surface area contributed by atoms with Gasteiger partial charge in [-0.2, -0.15) is 5.10 Å². The van der Waals surface area contributed by atoms with E-state index in [1.165, 1.54) is 0 Å². The Morgan fingerprint density at radius 3 is 2.60 bits per heavy atom. The van der Waals surface area contributed by atoms with E-state index in [9.17, 15) is 0 Å². The highest BCUT2D eigenvalue weighted by molar-refractivity contribution is 5.91. The van der Waals surface area contributed by atoms with Gasteiger partial charge in [-0.25, -0.2) is 15.0 Å². The molecule has 3 aromatic rings.